The fourth-order valence-corrected chi connectivity index (χ4v) is 4.68. The zero-order valence-electron chi connectivity index (χ0n) is 18.1. The van der Waals surface area contributed by atoms with Crippen LogP contribution in [0.1, 0.15) is 41.7 Å². The first kappa shape index (κ1) is 21.6. The van der Waals surface area contributed by atoms with Crippen molar-refractivity contribution < 1.29 is 9.32 Å². The van der Waals surface area contributed by atoms with Crippen molar-refractivity contribution in [2.24, 2.45) is 0 Å². The predicted molar refractivity (Wildman–Crippen MR) is 131 cm³/mol. The lowest BCUT2D eigenvalue weighted by Crippen LogP contribution is -2.41. The van der Waals surface area contributed by atoms with Crippen molar-refractivity contribution in [3.63, 3.8) is 0 Å². The molecule has 2 heterocycles. The molecule has 4 aromatic rings. The first-order valence-corrected chi connectivity index (χ1v) is 12.0. The first-order valence-electron chi connectivity index (χ1n) is 11.2. The summed E-state index contributed by atoms with van der Waals surface area (Å²) in [4.78, 5) is 20.2. The third-order valence-corrected chi connectivity index (χ3v) is 6.74. The van der Waals surface area contributed by atoms with Crippen molar-refractivity contribution in [1.82, 2.24) is 15.0 Å². The number of benzene rings is 3. The summed E-state index contributed by atoms with van der Waals surface area (Å²) in [5.41, 5.74) is 2.97. The largest absolute Gasteiger partial charge is 0.342 e. The Kier molecular flexibility index (Phi) is 6.35. The van der Waals surface area contributed by atoms with Gasteiger partial charge in [-0.15, -0.1) is 0 Å². The SMILES string of the molecule is O=C(C(c1ccccc1)c1ccccc1)N1CCC(c2nc(-c3ccc(Br)cc3)no2)CC1. The van der Waals surface area contributed by atoms with E-state index in [1.54, 1.807) is 0 Å². The molecule has 0 unspecified atom stereocenters. The highest BCUT2D eigenvalue weighted by Gasteiger charge is 2.32. The van der Waals surface area contributed by atoms with E-state index in [-0.39, 0.29) is 17.7 Å². The molecule has 0 spiro atoms. The lowest BCUT2D eigenvalue weighted by Gasteiger charge is -2.33. The summed E-state index contributed by atoms with van der Waals surface area (Å²) in [6, 6.07) is 27.9. The Balaban J connectivity index is 1.29. The second-order valence-electron chi connectivity index (χ2n) is 8.32. The molecule has 33 heavy (non-hydrogen) atoms. The van der Waals surface area contributed by atoms with Gasteiger partial charge >= 0.3 is 0 Å². The smallest absolute Gasteiger partial charge is 0.234 e. The Morgan fingerprint density at radius 2 is 1.45 bits per heavy atom. The van der Waals surface area contributed by atoms with Gasteiger partial charge in [-0.25, -0.2) is 0 Å². The van der Waals surface area contributed by atoms with Gasteiger partial charge in [-0.3, -0.25) is 4.79 Å². The van der Waals surface area contributed by atoms with Gasteiger partial charge in [0.2, 0.25) is 17.6 Å². The molecule has 1 aliphatic rings. The quantitative estimate of drug-likeness (QED) is 0.334. The van der Waals surface area contributed by atoms with Crippen LogP contribution >= 0.6 is 15.9 Å². The van der Waals surface area contributed by atoms with Crippen LogP contribution in [0.3, 0.4) is 0 Å². The van der Waals surface area contributed by atoms with E-state index in [2.05, 4.69) is 26.1 Å². The average molecular weight is 502 g/mol. The molecular weight excluding hydrogens is 478 g/mol. The van der Waals surface area contributed by atoms with Gasteiger partial charge < -0.3 is 9.42 Å². The zero-order valence-corrected chi connectivity index (χ0v) is 19.7. The molecule has 1 aromatic heterocycles. The Morgan fingerprint density at radius 1 is 0.879 bits per heavy atom. The number of rotatable bonds is 5. The van der Waals surface area contributed by atoms with E-state index in [0.717, 1.165) is 34.0 Å². The number of halogens is 1. The van der Waals surface area contributed by atoms with Crippen LogP contribution in [0.2, 0.25) is 0 Å². The minimum atomic E-state index is -0.295. The van der Waals surface area contributed by atoms with Crippen LogP contribution in [0.5, 0.6) is 0 Å². The predicted octanol–water partition coefficient (Wildman–Crippen LogP) is 6.04. The first-order chi connectivity index (χ1) is 16.2. The Morgan fingerprint density at radius 3 is 2.03 bits per heavy atom. The molecule has 0 aliphatic carbocycles. The maximum absolute atomic E-state index is 13.6. The minimum Gasteiger partial charge on any atom is -0.342 e. The molecule has 0 bridgehead atoms. The molecule has 0 radical (unpaired) electrons. The van der Waals surface area contributed by atoms with Crippen molar-refractivity contribution >= 4 is 21.8 Å². The molecule has 1 saturated heterocycles. The summed E-state index contributed by atoms with van der Waals surface area (Å²) in [6.07, 6.45) is 1.62. The van der Waals surface area contributed by atoms with E-state index in [9.17, 15) is 4.79 Å². The van der Waals surface area contributed by atoms with Crippen molar-refractivity contribution in [3.05, 3.63) is 106 Å². The third kappa shape index (κ3) is 4.76. The maximum Gasteiger partial charge on any atom is 0.234 e. The number of aromatic nitrogens is 2. The molecule has 6 heteroatoms. The molecule has 3 aromatic carbocycles. The van der Waals surface area contributed by atoms with Gasteiger partial charge in [-0.1, -0.05) is 81.8 Å². The minimum absolute atomic E-state index is 0.145. The van der Waals surface area contributed by atoms with Crippen LogP contribution in [0.15, 0.2) is 93.9 Å². The van der Waals surface area contributed by atoms with Crippen LogP contribution in [0.25, 0.3) is 11.4 Å². The van der Waals surface area contributed by atoms with Gasteiger partial charge in [0.05, 0.1) is 5.92 Å². The molecular formula is C27H24BrN3O2. The molecule has 1 fully saturated rings. The Bertz CT molecular complexity index is 1160. The number of hydrogen-bond acceptors (Lipinski definition) is 4. The Labute approximate surface area is 201 Å². The second-order valence-corrected chi connectivity index (χ2v) is 9.23. The number of carbonyl (C=O) groups excluding carboxylic acids is 1. The summed E-state index contributed by atoms with van der Waals surface area (Å²) in [7, 11) is 0. The van der Waals surface area contributed by atoms with Gasteiger partial charge in [0.1, 0.15) is 0 Å². The van der Waals surface area contributed by atoms with Crippen LogP contribution in [0, 0.1) is 0 Å². The summed E-state index contributed by atoms with van der Waals surface area (Å²) < 4.78 is 6.60. The number of amides is 1. The fraction of sp³-hybridized carbons (Fsp3) is 0.222. The van der Waals surface area contributed by atoms with E-state index in [4.69, 9.17) is 4.52 Å². The third-order valence-electron chi connectivity index (χ3n) is 6.21. The highest BCUT2D eigenvalue weighted by Crippen LogP contribution is 2.32. The van der Waals surface area contributed by atoms with Crippen molar-refractivity contribution in [2.75, 3.05) is 13.1 Å². The van der Waals surface area contributed by atoms with E-state index in [1.807, 2.05) is 89.8 Å². The molecule has 0 saturated carbocycles. The van der Waals surface area contributed by atoms with E-state index in [1.165, 1.54) is 0 Å². The van der Waals surface area contributed by atoms with Crippen LogP contribution < -0.4 is 0 Å². The molecule has 5 nitrogen and oxygen atoms in total. The topological polar surface area (TPSA) is 59.2 Å². The molecule has 1 amide bonds. The van der Waals surface area contributed by atoms with Crippen LogP contribution in [-0.2, 0) is 4.79 Å². The standard InChI is InChI=1S/C27H24BrN3O2/c28-23-13-11-21(12-14-23)25-29-26(33-30-25)22-15-17-31(18-16-22)27(32)24(19-7-3-1-4-8-19)20-9-5-2-6-10-20/h1-14,22,24H,15-18H2. The van der Waals surface area contributed by atoms with Crippen molar-refractivity contribution in [2.45, 2.75) is 24.7 Å². The lowest BCUT2D eigenvalue weighted by atomic mass is 9.88. The monoisotopic (exact) mass is 501 g/mol. The van der Waals surface area contributed by atoms with Crippen molar-refractivity contribution in [1.29, 1.82) is 0 Å². The molecule has 5 rings (SSSR count). The van der Waals surface area contributed by atoms with Gasteiger partial charge in [-0.05, 0) is 48.2 Å². The molecule has 1 aliphatic heterocycles. The van der Waals surface area contributed by atoms with Gasteiger partial charge in [0, 0.05) is 29.0 Å². The molecule has 166 valence electrons. The van der Waals surface area contributed by atoms with E-state index >= 15 is 0 Å². The highest BCUT2D eigenvalue weighted by atomic mass is 79.9. The number of likely N-dealkylation sites (tertiary alicyclic amines) is 1. The van der Waals surface area contributed by atoms with Gasteiger partial charge in [-0.2, -0.15) is 4.98 Å². The van der Waals surface area contributed by atoms with Gasteiger partial charge in [0.15, 0.2) is 0 Å². The summed E-state index contributed by atoms with van der Waals surface area (Å²) in [5, 5.41) is 4.17. The fourth-order valence-electron chi connectivity index (χ4n) is 4.42. The lowest BCUT2D eigenvalue weighted by molar-refractivity contribution is -0.133. The van der Waals surface area contributed by atoms with Gasteiger partial charge in [0.25, 0.3) is 0 Å². The maximum atomic E-state index is 13.6. The number of piperidine rings is 1. The number of carbonyl (C=O) groups is 1. The second kappa shape index (κ2) is 9.71. The average Bonchev–Trinajstić information content (AvgIpc) is 3.36. The van der Waals surface area contributed by atoms with E-state index in [0.29, 0.717) is 24.8 Å². The number of nitrogens with zero attached hydrogens (tertiary/aromatic N) is 3. The van der Waals surface area contributed by atoms with Crippen LogP contribution in [0.4, 0.5) is 0 Å². The van der Waals surface area contributed by atoms with Crippen molar-refractivity contribution in [3.8, 4) is 11.4 Å². The Hall–Kier alpha value is -3.25. The van der Waals surface area contributed by atoms with E-state index < -0.39 is 0 Å². The summed E-state index contributed by atoms with van der Waals surface area (Å²) >= 11 is 3.45. The summed E-state index contributed by atoms with van der Waals surface area (Å²) in [5.74, 6) is 1.27. The molecule has 0 atom stereocenters. The highest BCUT2D eigenvalue weighted by molar-refractivity contribution is 9.10. The molecule has 0 N–H and O–H groups in total. The summed E-state index contributed by atoms with van der Waals surface area (Å²) in [6.45, 7) is 1.35. The zero-order chi connectivity index (χ0) is 22.6. The normalized spacial score (nSPS) is 14.5. The van der Waals surface area contributed by atoms with Crippen LogP contribution in [-0.4, -0.2) is 34.0 Å². The number of hydrogen-bond donors (Lipinski definition) is 0.